The van der Waals surface area contributed by atoms with Crippen LogP contribution >= 0.6 is 0 Å². The molecule has 0 fully saturated rings. The highest BCUT2D eigenvalue weighted by molar-refractivity contribution is 5.85. The van der Waals surface area contributed by atoms with Crippen LogP contribution in [0.5, 0.6) is 0 Å². The molecule has 4 heteroatoms. The van der Waals surface area contributed by atoms with Gasteiger partial charge in [-0.2, -0.15) is 0 Å². The summed E-state index contributed by atoms with van der Waals surface area (Å²) in [7, 11) is 1.38. The van der Waals surface area contributed by atoms with Crippen LogP contribution in [0.3, 0.4) is 0 Å². The fourth-order valence-electron chi connectivity index (χ4n) is 2.31. The van der Waals surface area contributed by atoms with E-state index in [2.05, 4.69) is 5.32 Å². The van der Waals surface area contributed by atoms with E-state index in [9.17, 15) is 9.18 Å². The molecule has 1 aromatic rings. The molecule has 1 atom stereocenters. The third-order valence-electron chi connectivity index (χ3n) is 3.45. The van der Waals surface area contributed by atoms with E-state index in [1.165, 1.54) is 19.2 Å². The van der Waals surface area contributed by atoms with Crippen LogP contribution in [-0.2, 0) is 16.0 Å². The Morgan fingerprint density at radius 2 is 2.35 bits per heavy atom. The van der Waals surface area contributed by atoms with E-state index < -0.39 is 5.54 Å². The standard InChI is InChI=1S/C13H16FNO2/c1-3-13(12(16)17-2)7-6-9-4-5-10(14)8-11(9)15-13/h4-5,8,15H,3,6-7H2,1-2H3. The van der Waals surface area contributed by atoms with E-state index in [1.54, 1.807) is 6.07 Å². The molecule has 0 aromatic heterocycles. The fourth-order valence-corrected chi connectivity index (χ4v) is 2.31. The van der Waals surface area contributed by atoms with Crippen molar-refractivity contribution in [1.29, 1.82) is 0 Å². The first-order chi connectivity index (χ1) is 8.11. The van der Waals surface area contributed by atoms with Crippen molar-refractivity contribution in [3.05, 3.63) is 29.6 Å². The molecule has 1 N–H and O–H groups in total. The Morgan fingerprint density at radius 1 is 1.59 bits per heavy atom. The van der Waals surface area contributed by atoms with Crippen LogP contribution in [-0.4, -0.2) is 18.6 Å². The predicted molar refractivity (Wildman–Crippen MR) is 63.4 cm³/mol. The number of carbonyl (C=O) groups excluding carboxylic acids is 1. The summed E-state index contributed by atoms with van der Waals surface area (Å²) in [5, 5.41) is 3.14. The molecule has 92 valence electrons. The molecule has 3 nitrogen and oxygen atoms in total. The zero-order valence-electron chi connectivity index (χ0n) is 10.0. The van der Waals surface area contributed by atoms with Gasteiger partial charge in [0.2, 0.25) is 0 Å². The van der Waals surface area contributed by atoms with Gasteiger partial charge in [-0.25, -0.2) is 9.18 Å². The maximum atomic E-state index is 13.2. The molecule has 0 bridgehead atoms. The van der Waals surface area contributed by atoms with E-state index in [4.69, 9.17) is 4.74 Å². The molecule has 17 heavy (non-hydrogen) atoms. The molecule has 0 amide bonds. The van der Waals surface area contributed by atoms with Gasteiger partial charge in [-0.05, 0) is 37.0 Å². The lowest BCUT2D eigenvalue weighted by Gasteiger charge is -2.36. The van der Waals surface area contributed by atoms with Crippen molar-refractivity contribution < 1.29 is 13.9 Å². The number of aryl methyl sites for hydroxylation is 1. The topological polar surface area (TPSA) is 38.3 Å². The highest BCUT2D eigenvalue weighted by atomic mass is 19.1. The summed E-state index contributed by atoms with van der Waals surface area (Å²) in [6, 6.07) is 4.63. The minimum atomic E-state index is -0.713. The molecule has 0 saturated heterocycles. The van der Waals surface area contributed by atoms with Crippen LogP contribution < -0.4 is 5.32 Å². The predicted octanol–water partition coefficient (Wildman–Crippen LogP) is 2.51. The van der Waals surface area contributed by atoms with Crippen LogP contribution in [0.4, 0.5) is 10.1 Å². The minimum absolute atomic E-state index is 0.282. The number of benzene rings is 1. The van der Waals surface area contributed by atoms with E-state index in [1.807, 2.05) is 6.92 Å². The van der Waals surface area contributed by atoms with Gasteiger partial charge in [0.25, 0.3) is 0 Å². The number of halogens is 1. The second-order valence-corrected chi connectivity index (χ2v) is 4.35. The average Bonchev–Trinajstić information content (AvgIpc) is 2.36. The maximum absolute atomic E-state index is 13.2. The SMILES string of the molecule is CCC1(C(=O)OC)CCc2ccc(F)cc2N1. The lowest BCUT2D eigenvalue weighted by molar-refractivity contribution is -0.146. The van der Waals surface area contributed by atoms with Crippen LogP contribution in [0.2, 0.25) is 0 Å². The number of nitrogens with one attached hydrogen (secondary N) is 1. The van der Waals surface area contributed by atoms with E-state index in [-0.39, 0.29) is 11.8 Å². The maximum Gasteiger partial charge on any atom is 0.331 e. The average molecular weight is 237 g/mol. The summed E-state index contributed by atoms with van der Waals surface area (Å²) >= 11 is 0. The Kier molecular flexibility index (Phi) is 3.05. The van der Waals surface area contributed by atoms with Crippen molar-refractivity contribution in [2.75, 3.05) is 12.4 Å². The molecular weight excluding hydrogens is 221 g/mol. The second-order valence-electron chi connectivity index (χ2n) is 4.35. The molecular formula is C13H16FNO2. The first-order valence-electron chi connectivity index (χ1n) is 5.76. The molecule has 0 saturated carbocycles. The van der Waals surface area contributed by atoms with Gasteiger partial charge in [-0.15, -0.1) is 0 Å². The van der Waals surface area contributed by atoms with E-state index >= 15 is 0 Å². The Balaban J connectivity index is 2.35. The summed E-state index contributed by atoms with van der Waals surface area (Å²) < 4.78 is 18.0. The van der Waals surface area contributed by atoms with Gasteiger partial charge in [0.05, 0.1) is 7.11 Å². The van der Waals surface area contributed by atoms with Gasteiger partial charge in [-0.3, -0.25) is 0 Å². The van der Waals surface area contributed by atoms with Crippen molar-refractivity contribution in [1.82, 2.24) is 0 Å². The third kappa shape index (κ3) is 1.99. The molecule has 1 unspecified atom stereocenters. The second kappa shape index (κ2) is 4.35. The number of hydrogen-bond acceptors (Lipinski definition) is 3. The van der Waals surface area contributed by atoms with Gasteiger partial charge >= 0.3 is 5.97 Å². The first kappa shape index (κ1) is 11.9. The number of carbonyl (C=O) groups is 1. The quantitative estimate of drug-likeness (QED) is 0.803. The van der Waals surface area contributed by atoms with Gasteiger partial charge in [0.1, 0.15) is 11.4 Å². The van der Waals surface area contributed by atoms with Crippen molar-refractivity contribution in [3.63, 3.8) is 0 Å². The first-order valence-corrected chi connectivity index (χ1v) is 5.76. The van der Waals surface area contributed by atoms with Crippen molar-refractivity contribution in [2.45, 2.75) is 31.7 Å². The molecule has 0 aliphatic carbocycles. The summed E-state index contributed by atoms with van der Waals surface area (Å²) in [5.74, 6) is -0.581. The lowest BCUT2D eigenvalue weighted by Crippen LogP contribution is -2.49. The third-order valence-corrected chi connectivity index (χ3v) is 3.45. The van der Waals surface area contributed by atoms with Crippen molar-refractivity contribution >= 4 is 11.7 Å². The van der Waals surface area contributed by atoms with Crippen molar-refractivity contribution in [3.8, 4) is 0 Å². The van der Waals surface area contributed by atoms with Crippen molar-refractivity contribution in [2.24, 2.45) is 0 Å². The van der Waals surface area contributed by atoms with Gasteiger partial charge in [0.15, 0.2) is 0 Å². The molecule has 2 rings (SSSR count). The van der Waals surface area contributed by atoms with E-state index in [0.29, 0.717) is 18.5 Å². The zero-order valence-corrected chi connectivity index (χ0v) is 10.0. The minimum Gasteiger partial charge on any atom is -0.467 e. The highest BCUT2D eigenvalue weighted by Crippen LogP contribution is 2.34. The highest BCUT2D eigenvalue weighted by Gasteiger charge is 2.40. The molecule has 1 aliphatic rings. The summed E-state index contributed by atoms with van der Waals surface area (Å²) in [5.41, 5.74) is 1.03. The molecule has 1 aliphatic heterocycles. The number of anilines is 1. The number of fused-ring (bicyclic) bond motifs is 1. The summed E-state index contributed by atoms with van der Waals surface area (Å²) in [6.07, 6.45) is 2.05. The number of hydrogen-bond donors (Lipinski definition) is 1. The van der Waals surface area contributed by atoms with Crippen LogP contribution in [0.15, 0.2) is 18.2 Å². The van der Waals surface area contributed by atoms with Crippen LogP contribution in [0.1, 0.15) is 25.3 Å². The van der Waals surface area contributed by atoms with Gasteiger partial charge in [0, 0.05) is 5.69 Å². The van der Waals surface area contributed by atoms with Gasteiger partial charge in [-0.1, -0.05) is 13.0 Å². The number of methoxy groups -OCH3 is 1. The lowest BCUT2D eigenvalue weighted by atomic mass is 9.84. The number of ether oxygens (including phenoxy) is 1. The molecule has 0 spiro atoms. The zero-order chi connectivity index (χ0) is 12.5. The van der Waals surface area contributed by atoms with Crippen LogP contribution in [0.25, 0.3) is 0 Å². The fraction of sp³-hybridized carbons (Fsp3) is 0.462. The molecule has 0 radical (unpaired) electrons. The monoisotopic (exact) mass is 237 g/mol. The Labute approximate surface area is 100.0 Å². The Morgan fingerprint density at radius 3 is 3.00 bits per heavy atom. The normalized spacial score (nSPS) is 22.5. The van der Waals surface area contributed by atoms with Gasteiger partial charge < -0.3 is 10.1 Å². The smallest absolute Gasteiger partial charge is 0.331 e. The summed E-state index contributed by atoms with van der Waals surface area (Å²) in [4.78, 5) is 11.8. The van der Waals surface area contributed by atoms with Crippen LogP contribution in [0, 0.1) is 5.82 Å². The Hall–Kier alpha value is -1.58. The van der Waals surface area contributed by atoms with E-state index in [0.717, 1.165) is 12.0 Å². The Bertz CT molecular complexity index is 447. The largest absolute Gasteiger partial charge is 0.467 e. The summed E-state index contributed by atoms with van der Waals surface area (Å²) in [6.45, 7) is 1.92. The number of rotatable bonds is 2. The molecule has 1 aromatic carbocycles. The number of esters is 1. The molecule has 1 heterocycles.